The number of carboxylic acids is 1. The summed E-state index contributed by atoms with van der Waals surface area (Å²) < 4.78 is 24.3. The van der Waals surface area contributed by atoms with Crippen LogP contribution in [0, 0.1) is 5.82 Å². The Morgan fingerprint density at radius 3 is 2.55 bits per heavy atom. The lowest BCUT2D eigenvalue weighted by molar-refractivity contribution is 0.0697. The molecule has 0 saturated heterocycles. The number of benzene rings is 2. The van der Waals surface area contributed by atoms with Crippen molar-refractivity contribution in [3.8, 4) is 11.5 Å². The van der Waals surface area contributed by atoms with E-state index in [1.807, 2.05) is 0 Å². The zero-order valence-corrected chi connectivity index (χ0v) is 10.2. The molecule has 1 N–H and O–H groups in total. The lowest BCUT2D eigenvalue weighted by atomic mass is 10.2. The van der Waals surface area contributed by atoms with Gasteiger partial charge in [-0.05, 0) is 42.5 Å². The van der Waals surface area contributed by atoms with Gasteiger partial charge in [-0.2, -0.15) is 0 Å². The van der Waals surface area contributed by atoms with Crippen molar-refractivity contribution in [2.75, 3.05) is 0 Å². The third-order valence-corrected chi connectivity index (χ3v) is 2.86. The molecule has 0 atom stereocenters. The molecular formula is C15H9FO4. The van der Waals surface area contributed by atoms with Gasteiger partial charge in [-0.1, -0.05) is 0 Å². The quantitative estimate of drug-likeness (QED) is 0.781. The number of fused-ring (bicyclic) bond motifs is 1. The first-order valence-electron chi connectivity index (χ1n) is 5.82. The van der Waals surface area contributed by atoms with Gasteiger partial charge in [0.15, 0.2) is 11.3 Å². The minimum Gasteiger partial charge on any atom is -0.478 e. The summed E-state index contributed by atoms with van der Waals surface area (Å²) in [7, 11) is 0. The monoisotopic (exact) mass is 272 g/mol. The highest BCUT2D eigenvalue weighted by Gasteiger charge is 2.11. The van der Waals surface area contributed by atoms with Crippen LogP contribution in [-0.4, -0.2) is 11.1 Å². The zero-order valence-electron chi connectivity index (χ0n) is 10.2. The molecule has 3 rings (SSSR count). The molecule has 0 amide bonds. The second-order valence-corrected chi connectivity index (χ2v) is 4.14. The second kappa shape index (κ2) is 4.70. The van der Waals surface area contributed by atoms with Gasteiger partial charge in [0.2, 0.25) is 0 Å². The van der Waals surface area contributed by atoms with Crippen LogP contribution in [0.2, 0.25) is 0 Å². The molecule has 0 saturated carbocycles. The summed E-state index contributed by atoms with van der Waals surface area (Å²) in [5.74, 6) is -0.581. The Morgan fingerprint density at radius 2 is 1.85 bits per heavy atom. The minimum atomic E-state index is -1.01. The van der Waals surface area contributed by atoms with E-state index in [2.05, 4.69) is 0 Å². The number of rotatable bonds is 3. The fourth-order valence-corrected chi connectivity index (χ4v) is 1.88. The van der Waals surface area contributed by atoms with E-state index in [9.17, 15) is 9.18 Å². The summed E-state index contributed by atoms with van der Waals surface area (Å²) in [6.45, 7) is 0. The highest BCUT2D eigenvalue weighted by atomic mass is 19.1. The first kappa shape index (κ1) is 12.2. The number of aromatic carboxylic acids is 1. The first-order valence-corrected chi connectivity index (χ1v) is 5.82. The van der Waals surface area contributed by atoms with Gasteiger partial charge in [-0.15, -0.1) is 0 Å². The normalized spacial score (nSPS) is 10.7. The van der Waals surface area contributed by atoms with Gasteiger partial charge in [-0.3, -0.25) is 0 Å². The molecule has 0 bridgehead atoms. The fourth-order valence-electron chi connectivity index (χ4n) is 1.88. The van der Waals surface area contributed by atoms with E-state index in [0.717, 1.165) is 0 Å². The van der Waals surface area contributed by atoms with Crippen molar-refractivity contribution in [1.29, 1.82) is 0 Å². The third-order valence-electron chi connectivity index (χ3n) is 2.86. The number of hydrogen-bond donors (Lipinski definition) is 1. The molecule has 100 valence electrons. The maximum absolute atomic E-state index is 13.5. The Bertz CT molecular complexity index is 774. The van der Waals surface area contributed by atoms with E-state index in [0.29, 0.717) is 22.5 Å². The van der Waals surface area contributed by atoms with Gasteiger partial charge in [0.05, 0.1) is 17.2 Å². The molecule has 0 radical (unpaired) electrons. The predicted molar refractivity (Wildman–Crippen MR) is 69.6 cm³/mol. The molecule has 4 nitrogen and oxygen atoms in total. The Hall–Kier alpha value is -2.82. The number of furan rings is 1. The van der Waals surface area contributed by atoms with Crippen molar-refractivity contribution in [1.82, 2.24) is 0 Å². The summed E-state index contributed by atoms with van der Waals surface area (Å²) in [6.07, 6.45) is 1.38. The van der Waals surface area contributed by atoms with E-state index in [1.165, 1.54) is 48.7 Å². The van der Waals surface area contributed by atoms with Crippen molar-refractivity contribution >= 4 is 16.9 Å². The molecule has 2 aromatic carbocycles. The molecule has 0 unspecified atom stereocenters. The number of hydrogen-bond acceptors (Lipinski definition) is 3. The topological polar surface area (TPSA) is 59.7 Å². The van der Waals surface area contributed by atoms with Gasteiger partial charge in [0.25, 0.3) is 0 Å². The van der Waals surface area contributed by atoms with Crippen LogP contribution in [0.15, 0.2) is 53.1 Å². The molecular weight excluding hydrogens is 263 g/mol. The maximum atomic E-state index is 13.5. The Morgan fingerprint density at radius 1 is 1.10 bits per heavy atom. The summed E-state index contributed by atoms with van der Waals surface area (Å²) in [6, 6.07) is 10.2. The van der Waals surface area contributed by atoms with Gasteiger partial charge in [0.1, 0.15) is 11.6 Å². The van der Waals surface area contributed by atoms with Crippen LogP contribution in [0.5, 0.6) is 11.5 Å². The highest BCUT2D eigenvalue weighted by Crippen LogP contribution is 2.32. The Balaban J connectivity index is 1.95. The smallest absolute Gasteiger partial charge is 0.335 e. The van der Waals surface area contributed by atoms with Gasteiger partial charge < -0.3 is 14.3 Å². The van der Waals surface area contributed by atoms with Crippen LogP contribution in [0.4, 0.5) is 4.39 Å². The number of carbonyl (C=O) groups is 1. The van der Waals surface area contributed by atoms with Crippen molar-refractivity contribution in [2.24, 2.45) is 0 Å². The zero-order chi connectivity index (χ0) is 14.1. The first-order chi connectivity index (χ1) is 9.65. The van der Waals surface area contributed by atoms with Crippen LogP contribution < -0.4 is 4.74 Å². The van der Waals surface area contributed by atoms with E-state index < -0.39 is 5.97 Å². The summed E-state index contributed by atoms with van der Waals surface area (Å²) in [4.78, 5) is 10.8. The molecule has 5 heteroatoms. The number of ether oxygens (including phenoxy) is 1. The van der Waals surface area contributed by atoms with E-state index in [1.54, 1.807) is 0 Å². The van der Waals surface area contributed by atoms with E-state index >= 15 is 0 Å². The third kappa shape index (κ3) is 2.09. The van der Waals surface area contributed by atoms with Crippen molar-refractivity contribution in [3.63, 3.8) is 0 Å². The van der Waals surface area contributed by atoms with Crippen LogP contribution in [0.3, 0.4) is 0 Å². The Labute approximate surface area is 113 Å². The second-order valence-electron chi connectivity index (χ2n) is 4.14. The molecule has 1 aromatic heterocycles. The average molecular weight is 272 g/mol. The minimum absolute atomic E-state index is 0.166. The van der Waals surface area contributed by atoms with Crippen LogP contribution in [-0.2, 0) is 0 Å². The van der Waals surface area contributed by atoms with Crippen LogP contribution >= 0.6 is 0 Å². The number of halogens is 1. The Kier molecular flexibility index (Phi) is 2.87. The van der Waals surface area contributed by atoms with Crippen molar-refractivity contribution in [3.05, 3.63) is 60.1 Å². The SMILES string of the molecule is O=C(O)c1ccc(Oc2ccc(F)c3ccoc23)cc1. The molecule has 0 aliphatic heterocycles. The standard InChI is InChI=1S/C15H9FO4/c16-12-5-6-13(14-11(12)7-8-19-14)20-10-3-1-9(2-4-10)15(17)18/h1-8H,(H,17,18). The van der Waals surface area contributed by atoms with E-state index in [-0.39, 0.29) is 11.4 Å². The van der Waals surface area contributed by atoms with Gasteiger partial charge >= 0.3 is 5.97 Å². The molecule has 20 heavy (non-hydrogen) atoms. The van der Waals surface area contributed by atoms with Gasteiger partial charge in [-0.25, -0.2) is 9.18 Å². The van der Waals surface area contributed by atoms with Gasteiger partial charge in [0, 0.05) is 0 Å². The summed E-state index contributed by atoms with van der Waals surface area (Å²) in [5.41, 5.74) is 0.479. The molecule has 0 fully saturated rings. The van der Waals surface area contributed by atoms with Crippen molar-refractivity contribution in [2.45, 2.75) is 0 Å². The van der Waals surface area contributed by atoms with Crippen LogP contribution in [0.25, 0.3) is 11.0 Å². The molecule has 0 aliphatic carbocycles. The molecule has 1 heterocycles. The average Bonchev–Trinajstić information content (AvgIpc) is 2.93. The van der Waals surface area contributed by atoms with Crippen LogP contribution in [0.1, 0.15) is 10.4 Å². The lowest BCUT2D eigenvalue weighted by Crippen LogP contribution is -1.95. The van der Waals surface area contributed by atoms with Crippen molar-refractivity contribution < 1.29 is 23.4 Å². The number of carboxylic acid groups (broad SMARTS) is 1. The lowest BCUT2D eigenvalue weighted by Gasteiger charge is -2.06. The maximum Gasteiger partial charge on any atom is 0.335 e. The largest absolute Gasteiger partial charge is 0.478 e. The summed E-state index contributed by atoms with van der Waals surface area (Å²) in [5, 5.41) is 9.15. The molecule has 0 spiro atoms. The fraction of sp³-hybridized carbons (Fsp3) is 0. The van der Waals surface area contributed by atoms with E-state index in [4.69, 9.17) is 14.3 Å². The molecule has 3 aromatic rings. The summed E-state index contributed by atoms with van der Waals surface area (Å²) >= 11 is 0. The predicted octanol–water partition coefficient (Wildman–Crippen LogP) is 4.06. The highest BCUT2D eigenvalue weighted by molar-refractivity contribution is 5.87. The molecule has 0 aliphatic rings.